The Morgan fingerprint density at radius 1 is 1.13 bits per heavy atom. The van der Waals surface area contributed by atoms with Gasteiger partial charge in [0.15, 0.2) is 5.69 Å². The predicted octanol–water partition coefficient (Wildman–Crippen LogP) is 2.94. The highest BCUT2D eigenvalue weighted by Gasteiger charge is 2.35. The molecule has 4 rings (SSSR count). The van der Waals surface area contributed by atoms with Crippen LogP contribution >= 0.6 is 0 Å². The molecular formula is C23H30N4O3. The van der Waals surface area contributed by atoms with Gasteiger partial charge in [-0.25, -0.2) is 4.98 Å². The van der Waals surface area contributed by atoms with Gasteiger partial charge in [-0.15, -0.1) is 0 Å². The van der Waals surface area contributed by atoms with Crippen molar-refractivity contribution in [1.82, 2.24) is 20.5 Å². The fourth-order valence-corrected chi connectivity index (χ4v) is 3.83. The zero-order chi connectivity index (χ0) is 20.9. The molecule has 2 heterocycles. The molecule has 2 fully saturated rings. The third-order valence-corrected chi connectivity index (χ3v) is 5.70. The molecule has 2 N–H and O–H groups in total. The van der Waals surface area contributed by atoms with E-state index in [1.54, 1.807) is 0 Å². The highest BCUT2D eigenvalue weighted by atomic mass is 16.4. The fraction of sp³-hybridized carbons (Fsp3) is 0.522. The molecule has 0 spiro atoms. The third kappa shape index (κ3) is 5.08. The van der Waals surface area contributed by atoms with Gasteiger partial charge < -0.3 is 15.1 Å². The molecular weight excluding hydrogens is 380 g/mol. The number of amides is 2. The Morgan fingerprint density at radius 2 is 1.87 bits per heavy atom. The first kappa shape index (κ1) is 20.6. The summed E-state index contributed by atoms with van der Waals surface area (Å²) in [4.78, 5) is 31.6. The lowest BCUT2D eigenvalue weighted by Gasteiger charge is -2.31. The van der Waals surface area contributed by atoms with Crippen molar-refractivity contribution in [1.29, 1.82) is 0 Å². The van der Waals surface area contributed by atoms with Gasteiger partial charge in [0.2, 0.25) is 11.8 Å². The van der Waals surface area contributed by atoms with Gasteiger partial charge in [-0.3, -0.25) is 14.5 Å². The van der Waals surface area contributed by atoms with Gasteiger partial charge in [-0.2, -0.15) is 0 Å². The number of rotatable bonds is 8. The van der Waals surface area contributed by atoms with E-state index < -0.39 is 0 Å². The lowest BCUT2D eigenvalue weighted by atomic mass is 10.0. The summed E-state index contributed by atoms with van der Waals surface area (Å²) in [5.74, 6) is 1.46. The first-order valence-electron chi connectivity index (χ1n) is 11.0. The Labute approximate surface area is 177 Å². The lowest BCUT2D eigenvalue weighted by molar-refractivity contribution is -0.122. The number of aromatic nitrogens is 1. The van der Waals surface area contributed by atoms with Crippen LogP contribution in [0.25, 0.3) is 11.5 Å². The van der Waals surface area contributed by atoms with Crippen LogP contribution in [-0.4, -0.2) is 53.9 Å². The first-order chi connectivity index (χ1) is 14.6. The molecule has 2 aromatic rings. The van der Waals surface area contributed by atoms with Gasteiger partial charge in [0.05, 0.1) is 6.54 Å². The molecule has 160 valence electrons. The van der Waals surface area contributed by atoms with Crippen LogP contribution in [0.3, 0.4) is 0 Å². The summed E-state index contributed by atoms with van der Waals surface area (Å²) in [5, 5.41) is 6.06. The number of carbonyl (C=O) groups excluding carboxylic acids is 2. The number of piperidine rings is 1. The van der Waals surface area contributed by atoms with Crippen LogP contribution in [0, 0.1) is 0 Å². The number of carbonyl (C=O) groups is 2. The average Bonchev–Trinajstić information content (AvgIpc) is 3.52. The highest BCUT2D eigenvalue weighted by molar-refractivity contribution is 5.94. The van der Waals surface area contributed by atoms with E-state index in [-0.39, 0.29) is 17.9 Å². The van der Waals surface area contributed by atoms with Crippen molar-refractivity contribution < 1.29 is 14.0 Å². The predicted molar refractivity (Wildman–Crippen MR) is 114 cm³/mol. The molecule has 7 heteroatoms. The molecule has 0 atom stereocenters. The molecule has 30 heavy (non-hydrogen) atoms. The summed E-state index contributed by atoms with van der Waals surface area (Å²) in [6, 6.07) is 9.80. The Bertz CT molecular complexity index is 868. The number of nitrogens with zero attached hydrogens (tertiary/aromatic N) is 2. The molecule has 2 amide bonds. The minimum absolute atomic E-state index is 0.0736. The van der Waals surface area contributed by atoms with Crippen molar-refractivity contribution in [3.63, 3.8) is 0 Å². The van der Waals surface area contributed by atoms with Crippen molar-refractivity contribution in [2.45, 2.75) is 51.0 Å². The number of nitrogens with one attached hydrogen (secondary N) is 2. The maximum absolute atomic E-state index is 13.0. The van der Waals surface area contributed by atoms with Crippen LogP contribution in [0.2, 0.25) is 0 Å². The van der Waals surface area contributed by atoms with Crippen LogP contribution in [0.4, 0.5) is 0 Å². The summed E-state index contributed by atoms with van der Waals surface area (Å²) in [6.07, 6.45) is 4.69. The molecule has 1 aromatic heterocycles. The van der Waals surface area contributed by atoms with Crippen molar-refractivity contribution in [2.24, 2.45) is 0 Å². The SMILES string of the molecule is CCCNC(=O)CN1CCC(NC(=O)c2nc(-c3ccccc3)oc2C2CC2)CC1. The number of benzene rings is 1. The van der Waals surface area contributed by atoms with Crippen LogP contribution in [-0.2, 0) is 4.79 Å². The maximum atomic E-state index is 13.0. The largest absolute Gasteiger partial charge is 0.440 e. The van der Waals surface area contributed by atoms with Gasteiger partial charge in [-0.1, -0.05) is 25.1 Å². The summed E-state index contributed by atoms with van der Waals surface area (Å²) in [6.45, 7) is 4.79. The molecule has 7 nitrogen and oxygen atoms in total. The molecule has 1 saturated carbocycles. The topological polar surface area (TPSA) is 87.5 Å². The summed E-state index contributed by atoms with van der Waals surface area (Å²) in [7, 11) is 0. The standard InChI is InChI=1S/C23H30N4O3/c1-2-12-24-19(28)15-27-13-10-18(11-14-27)25-22(29)20-21(16-8-9-16)30-23(26-20)17-6-4-3-5-7-17/h3-7,16,18H,2,8-15H2,1H3,(H,24,28)(H,25,29). The van der Waals surface area contributed by atoms with Gasteiger partial charge >= 0.3 is 0 Å². The van der Waals surface area contributed by atoms with Crippen LogP contribution < -0.4 is 10.6 Å². The number of hydrogen-bond donors (Lipinski definition) is 2. The zero-order valence-corrected chi connectivity index (χ0v) is 17.5. The van der Waals surface area contributed by atoms with Crippen LogP contribution in [0.15, 0.2) is 34.7 Å². The van der Waals surface area contributed by atoms with Gasteiger partial charge in [0, 0.05) is 37.2 Å². The number of hydrogen-bond acceptors (Lipinski definition) is 5. The molecule has 1 aliphatic heterocycles. The second kappa shape index (κ2) is 9.43. The van der Waals surface area contributed by atoms with E-state index in [1.165, 1.54) is 0 Å². The van der Waals surface area contributed by atoms with Crippen molar-refractivity contribution in [2.75, 3.05) is 26.2 Å². The highest BCUT2D eigenvalue weighted by Crippen LogP contribution is 2.43. The van der Waals surface area contributed by atoms with E-state index in [9.17, 15) is 9.59 Å². The lowest BCUT2D eigenvalue weighted by Crippen LogP contribution is -2.47. The molecule has 2 aliphatic rings. The van der Waals surface area contributed by atoms with Gasteiger partial charge in [-0.05, 0) is 44.2 Å². The Balaban J connectivity index is 1.35. The van der Waals surface area contributed by atoms with Gasteiger partial charge in [0.25, 0.3) is 5.91 Å². The number of oxazole rings is 1. The van der Waals surface area contributed by atoms with E-state index in [4.69, 9.17) is 4.42 Å². The molecule has 0 radical (unpaired) electrons. The normalized spacial score (nSPS) is 17.6. The summed E-state index contributed by atoms with van der Waals surface area (Å²) < 4.78 is 6.00. The molecule has 1 aromatic carbocycles. The quantitative estimate of drug-likeness (QED) is 0.699. The van der Waals surface area contributed by atoms with Crippen molar-refractivity contribution in [3.8, 4) is 11.5 Å². The average molecular weight is 411 g/mol. The van der Waals surface area contributed by atoms with E-state index in [0.29, 0.717) is 24.0 Å². The summed E-state index contributed by atoms with van der Waals surface area (Å²) >= 11 is 0. The monoisotopic (exact) mass is 410 g/mol. The summed E-state index contributed by atoms with van der Waals surface area (Å²) in [5.41, 5.74) is 1.31. The van der Waals surface area contributed by atoms with E-state index in [1.807, 2.05) is 37.3 Å². The fourth-order valence-electron chi connectivity index (χ4n) is 3.83. The third-order valence-electron chi connectivity index (χ3n) is 5.70. The molecule has 0 unspecified atom stereocenters. The smallest absolute Gasteiger partial charge is 0.273 e. The van der Waals surface area contributed by atoms with E-state index in [2.05, 4.69) is 20.5 Å². The zero-order valence-electron chi connectivity index (χ0n) is 17.5. The maximum Gasteiger partial charge on any atom is 0.273 e. The molecule has 1 saturated heterocycles. The number of likely N-dealkylation sites (tertiary alicyclic amines) is 1. The van der Waals surface area contributed by atoms with Crippen molar-refractivity contribution >= 4 is 11.8 Å². The second-order valence-corrected chi connectivity index (χ2v) is 8.25. The van der Waals surface area contributed by atoms with Crippen LogP contribution in [0.1, 0.15) is 61.2 Å². The Morgan fingerprint density at radius 3 is 2.53 bits per heavy atom. The van der Waals surface area contributed by atoms with E-state index in [0.717, 1.165) is 63.1 Å². The Hall–Kier alpha value is -2.67. The van der Waals surface area contributed by atoms with Gasteiger partial charge in [0.1, 0.15) is 5.76 Å². The molecule has 1 aliphatic carbocycles. The first-order valence-corrected chi connectivity index (χ1v) is 11.0. The minimum atomic E-state index is -0.151. The van der Waals surface area contributed by atoms with Crippen LogP contribution in [0.5, 0.6) is 0 Å². The van der Waals surface area contributed by atoms with E-state index >= 15 is 0 Å². The minimum Gasteiger partial charge on any atom is -0.440 e. The molecule has 0 bridgehead atoms. The second-order valence-electron chi connectivity index (χ2n) is 8.25. The Kier molecular flexibility index (Phi) is 6.47. The van der Waals surface area contributed by atoms with Crippen molar-refractivity contribution in [3.05, 3.63) is 41.8 Å².